The van der Waals surface area contributed by atoms with Gasteiger partial charge in [0.2, 0.25) is 0 Å². The van der Waals surface area contributed by atoms with Crippen LogP contribution in [0.3, 0.4) is 0 Å². The van der Waals surface area contributed by atoms with Gasteiger partial charge < -0.3 is 9.84 Å². The average Bonchev–Trinajstić information content (AvgIpc) is 3.11. The zero-order chi connectivity index (χ0) is 25.6. The van der Waals surface area contributed by atoms with Crippen molar-refractivity contribution in [3.63, 3.8) is 0 Å². The molecule has 1 saturated carbocycles. The Hall–Kier alpha value is -2.35. The number of alkyl halides is 4. The molecule has 3 fully saturated rings. The monoisotopic (exact) mass is 507 g/mol. The largest absolute Gasteiger partial charge is 0.490 e. The third-order valence-corrected chi connectivity index (χ3v) is 8.75. The number of nitrogens with zero attached hydrogens (tertiary/aromatic N) is 1. The lowest BCUT2D eigenvalue weighted by atomic mass is 9.87. The van der Waals surface area contributed by atoms with Crippen molar-refractivity contribution in [1.29, 1.82) is 0 Å². The number of benzene rings is 2. The van der Waals surface area contributed by atoms with Crippen molar-refractivity contribution in [2.45, 2.75) is 95.4 Å². The number of rotatable bonds is 6. The number of carboxylic acid groups (broad SMARTS) is 1. The van der Waals surface area contributed by atoms with E-state index < -0.39 is 24.7 Å². The molecule has 36 heavy (non-hydrogen) atoms. The Balaban J connectivity index is 1.36. The first-order valence-corrected chi connectivity index (χ1v) is 13.0. The summed E-state index contributed by atoms with van der Waals surface area (Å²) in [6, 6.07) is 10.2. The molecular formula is C28H33F4NO3. The summed E-state index contributed by atoms with van der Waals surface area (Å²) in [4.78, 5) is 14.0. The van der Waals surface area contributed by atoms with Crippen LogP contribution in [0.4, 0.5) is 17.6 Å². The van der Waals surface area contributed by atoms with Crippen LogP contribution in [0.5, 0.6) is 5.75 Å². The number of aliphatic carboxylic acids is 1. The first-order chi connectivity index (χ1) is 17.2. The van der Waals surface area contributed by atoms with Crippen molar-refractivity contribution >= 4 is 16.7 Å². The molecular weight excluding hydrogens is 474 g/mol. The van der Waals surface area contributed by atoms with Crippen LogP contribution in [-0.4, -0.2) is 40.3 Å². The summed E-state index contributed by atoms with van der Waals surface area (Å²) >= 11 is 0. The first-order valence-electron chi connectivity index (χ1n) is 13.0. The molecule has 8 heteroatoms. The predicted molar refractivity (Wildman–Crippen MR) is 129 cm³/mol. The standard InChI is InChI=1S/C28H33F4NO3/c1-16(33-21-7-8-22(33)13-19(12-21)27(34)35)18-3-2-17-4-11-26(25(15-29)24(17)14-18)36-23-9-5-20(6-10-23)28(30,31)32/h2-4,11,14,16,19-23H,5-10,12-13,15H2,1H3,(H,34,35)/t16-,19?,20-,21?,22?,23+/m1/s1. The van der Waals surface area contributed by atoms with Gasteiger partial charge in [-0.1, -0.05) is 18.2 Å². The summed E-state index contributed by atoms with van der Waals surface area (Å²) in [6.45, 7) is 1.40. The normalized spacial score (nSPS) is 29.9. The van der Waals surface area contributed by atoms with Gasteiger partial charge in [-0.3, -0.25) is 9.69 Å². The van der Waals surface area contributed by atoms with E-state index in [1.165, 1.54) is 0 Å². The molecule has 0 spiro atoms. The number of ether oxygens (including phenoxy) is 1. The van der Waals surface area contributed by atoms with Gasteiger partial charge in [-0.2, -0.15) is 13.2 Å². The molecule has 5 rings (SSSR count). The molecule has 2 saturated heterocycles. The van der Waals surface area contributed by atoms with E-state index in [4.69, 9.17) is 4.74 Å². The van der Waals surface area contributed by atoms with Crippen molar-refractivity contribution in [3.8, 4) is 5.75 Å². The lowest BCUT2D eigenvalue weighted by Gasteiger charge is -2.41. The van der Waals surface area contributed by atoms with Crippen molar-refractivity contribution in [2.75, 3.05) is 0 Å². The highest BCUT2D eigenvalue weighted by atomic mass is 19.4. The van der Waals surface area contributed by atoms with E-state index in [0.29, 0.717) is 37.0 Å². The minimum atomic E-state index is -4.17. The van der Waals surface area contributed by atoms with Gasteiger partial charge in [0.1, 0.15) is 12.4 Å². The Bertz CT molecular complexity index is 1100. The molecule has 3 atom stereocenters. The van der Waals surface area contributed by atoms with E-state index in [9.17, 15) is 27.5 Å². The molecule has 0 amide bonds. The predicted octanol–water partition coefficient (Wildman–Crippen LogP) is 7.20. The molecule has 2 unspecified atom stereocenters. The number of carboxylic acids is 1. The summed E-state index contributed by atoms with van der Waals surface area (Å²) in [5.41, 5.74) is 1.48. The molecule has 2 aromatic rings. The molecule has 2 aliphatic heterocycles. The van der Waals surface area contributed by atoms with E-state index in [-0.39, 0.29) is 43.0 Å². The Morgan fingerprint density at radius 2 is 1.69 bits per heavy atom. The van der Waals surface area contributed by atoms with Crippen molar-refractivity contribution in [1.82, 2.24) is 4.90 Å². The van der Waals surface area contributed by atoms with Crippen LogP contribution in [0.15, 0.2) is 30.3 Å². The molecule has 2 aromatic carbocycles. The van der Waals surface area contributed by atoms with Crippen LogP contribution in [0.1, 0.15) is 75.5 Å². The number of hydrogen-bond donors (Lipinski definition) is 1. The minimum absolute atomic E-state index is 0.0370. The van der Waals surface area contributed by atoms with Gasteiger partial charge in [0.25, 0.3) is 0 Å². The van der Waals surface area contributed by atoms with Crippen molar-refractivity contribution in [2.24, 2.45) is 11.8 Å². The highest BCUT2D eigenvalue weighted by Crippen LogP contribution is 2.45. The number of halogens is 4. The maximum atomic E-state index is 14.3. The second-order valence-corrected chi connectivity index (χ2v) is 10.8. The summed E-state index contributed by atoms with van der Waals surface area (Å²) in [6.07, 6.45) is -0.521. The molecule has 0 aromatic heterocycles. The van der Waals surface area contributed by atoms with Gasteiger partial charge >= 0.3 is 12.1 Å². The molecule has 4 nitrogen and oxygen atoms in total. The number of carbonyl (C=O) groups is 1. The highest BCUT2D eigenvalue weighted by Gasteiger charge is 2.45. The molecule has 2 bridgehead atoms. The lowest BCUT2D eigenvalue weighted by Crippen LogP contribution is -2.45. The second-order valence-electron chi connectivity index (χ2n) is 10.8. The van der Waals surface area contributed by atoms with Crippen LogP contribution in [-0.2, 0) is 11.5 Å². The van der Waals surface area contributed by atoms with Gasteiger partial charge in [-0.25, -0.2) is 4.39 Å². The van der Waals surface area contributed by atoms with Crippen molar-refractivity contribution in [3.05, 3.63) is 41.5 Å². The Kier molecular flexibility index (Phi) is 6.92. The molecule has 0 radical (unpaired) electrons. The van der Waals surface area contributed by atoms with Crippen LogP contribution in [0.25, 0.3) is 10.8 Å². The SMILES string of the molecule is C[C@H](c1ccc2ccc(O[C@H]3CC[C@@H](C(F)(F)F)CC3)c(CF)c2c1)N1C2CCC1CC(C(=O)O)C2. The van der Waals surface area contributed by atoms with Gasteiger partial charge in [0, 0.05) is 23.7 Å². The van der Waals surface area contributed by atoms with Gasteiger partial charge in [0.15, 0.2) is 0 Å². The summed E-state index contributed by atoms with van der Waals surface area (Å²) < 4.78 is 59.4. The Morgan fingerprint density at radius 3 is 2.28 bits per heavy atom. The van der Waals surface area contributed by atoms with Crippen LogP contribution >= 0.6 is 0 Å². The summed E-state index contributed by atoms with van der Waals surface area (Å²) in [5.74, 6) is -1.87. The van der Waals surface area contributed by atoms with E-state index in [2.05, 4.69) is 17.9 Å². The Labute approximate surface area is 208 Å². The zero-order valence-corrected chi connectivity index (χ0v) is 20.4. The smallest absolute Gasteiger partial charge is 0.391 e. The molecule has 2 heterocycles. The number of hydrogen-bond acceptors (Lipinski definition) is 3. The maximum absolute atomic E-state index is 14.3. The van der Waals surface area contributed by atoms with Gasteiger partial charge in [-0.15, -0.1) is 0 Å². The third kappa shape index (κ3) is 4.81. The minimum Gasteiger partial charge on any atom is -0.490 e. The molecule has 3 aliphatic rings. The molecule has 1 N–H and O–H groups in total. The van der Waals surface area contributed by atoms with Crippen LogP contribution in [0, 0.1) is 11.8 Å². The van der Waals surface area contributed by atoms with Gasteiger partial charge in [-0.05, 0) is 86.8 Å². The summed E-state index contributed by atoms with van der Waals surface area (Å²) in [7, 11) is 0. The van der Waals surface area contributed by atoms with E-state index in [0.717, 1.165) is 29.2 Å². The fourth-order valence-electron chi connectivity index (χ4n) is 6.79. The number of fused-ring (bicyclic) bond motifs is 3. The molecule has 196 valence electrons. The van der Waals surface area contributed by atoms with Crippen LogP contribution < -0.4 is 4.74 Å². The van der Waals surface area contributed by atoms with E-state index in [1.807, 2.05) is 18.2 Å². The Morgan fingerprint density at radius 1 is 1.06 bits per heavy atom. The zero-order valence-electron chi connectivity index (χ0n) is 20.4. The fraction of sp³-hybridized carbons (Fsp3) is 0.607. The fourth-order valence-corrected chi connectivity index (χ4v) is 6.79. The van der Waals surface area contributed by atoms with Crippen LogP contribution in [0.2, 0.25) is 0 Å². The van der Waals surface area contributed by atoms with E-state index in [1.54, 1.807) is 6.07 Å². The first kappa shape index (κ1) is 25.3. The highest BCUT2D eigenvalue weighted by molar-refractivity contribution is 5.88. The average molecular weight is 508 g/mol. The number of piperidine rings is 1. The topological polar surface area (TPSA) is 49.8 Å². The van der Waals surface area contributed by atoms with E-state index >= 15 is 0 Å². The second kappa shape index (κ2) is 9.84. The quantitative estimate of drug-likeness (QED) is 0.420. The maximum Gasteiger partial charge on any atom is 0.391 e. The third-order valence-electron chi connectivity index (χ3n) is 8.75. The summed E-state index contributed by atoms with van der Waals surface area (Å²) in [5, 5.41) is 11.1. The lowest BCUT2D eigenvalue weighted by molar-refractivity contribution is -0.185. The van der Waals surface area contributed by atoms with Gasteiger partial charge in [0.05, 0.1) is 17.9 Å². The van der Waals surface area contributed by atoms with Crippen molar-refractivity contribution < 1.29 is 32.2 Å². The molecule has 1 aliphatic carbocycles.